The molecular formula is C20H27NO3S. The molecule has 2 N–H and O–H groups in total. The lowest BCUT2D eigenvalue weighted by atomic mass is 9.86. The molecule has 0 unspecified atom stereocenters. The first-order chi connectivity index (χ1) is 12.1. The van der Waals surface area contributed by atoms with Crippen LogP contribution in [0.25, 0.3) is 0 Å². The average Bonchev–Trinajstić information content (AvgIpc) is 2.91. The van der Waals surface area contributed by atoms with Crippen molar-refractivity contribution < 1.29 is 9.84 Å². The predicted octanol–water partition coefficient (Wildman–Crippen LogP) is 4.78. The first kappa shape index (κ1) is 18.1. The lowest BCUT2D eigenvalue weighted by Crippen LogP contribution is -2.08. The second-order valence-corrected chi connectivity index (χ2v) is 8.13. The van der Waals surface area contributed by atoms with Crippen molar-refractivity contribution >= 4 is 11.3 Å². The standard InChI is InChI=1S/C20H27NO3S/c1-14-12-16(13-18-19(22)21-20(23)25-18)9-10-17(14)24-11-5-8-15-6-3-2-4-7-15/h9-10,12,15,22H,2-8,11,13H2,1H3,(H,21,23). The van der Waals surface area contributed by atoms with Gasteiger partial charge in [-0.1, -0.05) is 55.6 Å². The van der Waals surface area contributed by atoms with E-state index >= 15 is 0 Å². The quantitative estimate of drug-likeness (QED) is 0.698. The summed E-state index contributed by atoms with van der Waals surface area (Å²) in [7, 11) is 0. The van der Waals surface area contributed by atoms with E-state index in [9.17, 15) is 9.90 Å². The zero-order chi connectivity index (χ0) is 17.6. The van der Waals surface area contributed by atoms with Crippen molar-refractivity contribution in [2.24, 2.45) is 5.92 Å². The van der Waals surface area contributed by atoms with Crippen LogP contribution in [-0.4, -0.2) is 16.7 Å². The van der Waals surface area contributed by atoms with E-state index in [4.69, 9.17) is 4.74 Å². The summed E-state index contributed by atoms with van der Waals surface area (Å²) in [6.07, 6.45) is 9.96. The number of hydrogen-bond donors (Lipinski definition) is 2. The van der Waals surface area contributed by atoms with Gasteiger partial charge in [0.1, 0.15) is 5.75 Å². The van der Waals surface area contributed by atoms with E-state index in [-0.39, 0.29) is 10.8 Å². The predicted molar refractivity (Wildman–Crippen MR) is 102 cm³/mol. The number of aryl methyl sites for hydroxylation is 1. The molecule has 3 rings (SSSR count). The maximum absolute atomic E-state index is 11.3. The average molecular weight is 362 g/mol. The Bertz CT molecular complexity index is 744. The number of hydrogen-bond acceptors (Lipinski definition) is 4. The Morgan fingerprint density at radius 2 is 2.08 bits per heavy atom. The third-order valence-corrected chi connectivity index (χ3v) is 5.92. The summed E-state index contributed by atoms with van der Waals surface area (Å²) in [5.41, 5.74) is 2.16. The molecule has 0 aliphatic heterocycles. The van der Waals surface area contributed by atoms with Crippen LogP contribution in [0, 0.1) is 12.8 Å². The van der Waals surface area contributed by atoms with Crippen LogP contribution < -0.4 is 9.61 Å². The van der Waals surface area contributed by atoms with Crippen LogP contribution in [0.2, 0.25) is 0 Å². The highest BCUT2D eigenvalue weighted by molar-refractivity contribution is 7.09. The van der Waals surface area contributed by atoms with E-state index in [1.54, 1.807) is 0 Å². The molecule has 4 nitrogen and oxygen atoms in total. The number of thiazole rings is 1. The van der Waals surface area contributed by atoms with Crippen LogP contribution in [-0.2, 0) is 6.42 Å². The summed E-state index contributed by atoms with van der Waals surface area (Å²) in [5.74, 6) is 1.82. The molecule has 136 valence electrons. The lowest BCUT2D eigenvalue weighted by Gasteiger charge is -2.21. The third-order valence-electron chi connectivity index (χ3n) is 5.04. The van der Waals surface area contributed by atoms with Gasteiger partial charge in [-0.25, -0.2) is 0 Å². The molecule has 5 heteroatoms. The van der Waals surface area contributed by atoms with E-state index < -0.39 is 0 Å². The molecule has 0 spiro atoms. The molecule has 0 amide bonds. The summed E-state index contributed by atoms with van der Waals surface area (Å²) in [5, 5.41) is 9.70. The highest BCUT2D eigenvalue weighted by Crippen LogP contribution is 2.28. The molecule has 0 radical (unpaired) electrons. The topological polar surface area (TPSA) is 62.3 Å². The van der Waals surface area contributed by atoms with Crippen molar-refractivity contribution in [3.63, 3.8) is 0 Å². The van der Waals surface area contributed by atoms with E-state index in [0.29, 0.717) is 11.3 Å². The number of aromatic amines is 1. The second kappa shape index (κ2) is 8.56. The SMILES string of the molecule is Cc1cc(Cc2sc(=O)[nH]c2O)ccc1OCCCC1CCCCC1. The molecule has 0 saturated heterocycles. The minimum Gasteiger partial charge on any atom is -0.494 e. The molecule has 1 aliphatic carbocycles. The number of nitrogens with one attached hydrogen (secondary N) is 1. The second-order valence-electron chi connectivity index (χ2n) is 7.06. The highest BCUT2D eigenvalue weighted by atomic mass is 32.1. The molecular weight excluding hydrogens is 334 g/mol. The number of rotatable bonds is 7. The number of aromatic nitrogens is 1. The van der Waals surface area contributed by atoms with Crippen LogP contribution in [0.3, 0.4) is 0 Å². The van der Waals surface area contributed by atoms with Gasteiger partial charge in [-0.2, -0.15) is 0 Å². The molecule has 0 atom stereocenters. The van der Waals surface area contributed by atoms with E-state index in [2.05, 4.69) is 11.1 Å². The van der Waals surface area contributed by atoms with Crippen molar-refractivity contribution in [2.75, 3.05) is 6.61 Å². The van der Waals surface area contributed by atoms with Crippen molar-refractivity contribution in [3.8, 4) is 11.6 Å². The van der Waals surface area contributed by atoms with E-state index in [1.807, 2.05) is 19.1 Å². The van der Waals surface area contributed by atoms with E-state index in [1.165, 1.54) is 38.5 Å². The molecule has 1 aromatic heterocycles. The van der Waals surface area contributed by atoms with Gasteiger partial charge in [-0.3, -0.25) is 9.78 Å². The molecule has 25 heavy (non-hydrogen) atoms. The Hall–Kier alpha value is -1.75. The minimum absolute atomic E-state index is 0.0179. The number of benzene rings is 1. The van der Waals surface area contributed by atoms with Gasteiger partial charge in [0.05, 0.1) is 11.5 Å². The first-order valence-electron chi connectivity index (χ1n) is 9.25. The maximum atomic E-state index is 11.3. The molecule has 1 fully saturated rings. The number of H-pyrrole nitrogens is 1. The highest BCUT2D eigenvalue weighted by Gasteiger charge is 2.13. The summed E-state index contributed by atoms with van der Waals surface area (Å²) in [4.78, 5) is 14.1. The Balaban J connectivity index is 1.49. The minimum atomic E-state index is -0.220. The van der Waals surface area contributed by atoms with Gasteiger partial charge >= 0.3 is 4.87 Å². The first-order valence-corrected chi connectivity index (χ1v) is 10.1. The molecule has 2 aromatic rings. The number of ether oxygens (including phenoxy) is 1. The summed E-state index contributed by atoms with van der Waals surface area (Å²) in [6, 6.07) is 6.07. The van der Waals surface area contributed by atoms with Crippen LogP contribution in [0.5, 0.6) is 11.6 Å². The van der Waals surface area contributed by atoms with Gasteiger partial charge in [0.2, 0.25) is 5.88 Å². The van der Waals surface area contributed by atoms with Gasteiger partial charge in [0, 0.05) is 6.42 Å². The van der Waals surface area contributed by atoms with Gasteiger partial charge in [0.25, 0.3) is 0 Å². The molecule has 1 heterocycles. The Labute approximate surface area is 152 Å². The lowest BCUT2D eigenvalue weighted by molar-refractivity contribution is 0.268. The molecule has 1 aliphatic rings. The van der Waals surface area contributed by atoms with Gasteiger partial charge in [-0.05, 0) is 42.9 Å². The van der Waals surface area contributed by atoms with Crippen molar-refractivity contribution in [2.45, 2.75) is 58.3 Å². The van der Waals surface area contributed by atoms with Crippen molar-refractivity contribution in [3.05, 3.63) is 43.9 Å². The fourth-order valence-corrected chi connectivity index (χ4v) is 4.43. The van der Waals surface area contributed by atoms with Crippen LogP contribution in [0.4, 0.5) is 0 Å². The zero-order valence-electron chi connectivity index (χ0n) is 14.8. The molecule has 0 bridgehead atoms. The Kier molecular flexibility index (Phi) is 6.19. The largest absolute Gasteiger partial charge is 0.494 e. The van der Waals surface area contributed by atoms with Crippen LogP contribution >= 0.6 is 11.3 Å². The Morgan fingerprint density at radius 1 is 1.28 bits per heavy atom. The fraction of sp³-hybridized carbons (Fsp3) is 0.550. The van der Waals surface area contributed by atoms with Crippen molar-refractivity contribution in [1.29, 1.82) is 0 Å². The van der Waals surface area contributed by atoms with E-state index in [0.717, 1.165) is 47.2 Å². The summed E-state index contributed by atoms with van der Waals surface area (Å²) >= 11 is 1.06. The third kappa shape index (κ3) is 5.11. The zero-order valence-corrected chi connectivity index (χ0v) is 15.7. The molecule has 1 aromatic carbocycles. The molecule has 1 saturated carbocycles. The summed E-state index contributed by atoms with van der Waals surface area (Å²) < 4.78 is 5.96. The normalized spacial score (nSPS) is 15.4. The van der Waals surface area contributed by atoms with Crippen LogP contribution in [0.1, 0.15) is 60.9 Å². The van der Waals surface area contributed by atoms with Gasteiger partial charge in [-0.15, -0.1) is 0 Å². The fourth-order valence-electron chi connectivity index (χ4n) is 3.67. The smallest absolute Gasteiger partial charge is 0.307 e. The maximum Gasteiger partial charge on any atom is 0.307 e. The number of aromatic hydroxyl groups is 1. The van der Waals surface area contributed by atoms with Crippen molar-refractivity contribution in [1.82, 2.24) is 4.98 Å². The summed E-state index contributed by atoms with van der Waals surface area (Å²) in [6.45, 7) is 2.82. The Morgan fingerprint density at radius 3 is 2.76 bits per heavy atom. The van der Waals surface area contributed by atoms with Gasteiger partial charge < -0.3 is 9.84 Å². The monoisotopic (exact) mass is 361 g/mol. The van der Waals surface area contributed by atoms with Crippen LogP contribution in [0.15, 0.2) is 23.0 Å². The van der Waals surface area contributed by atoms with Gasteiger partial charge in [0.15, 0.2) is 0 Å².